The Hall–Kier alpha value is -1.68. The fraction of sp³-hybridized carbons (Fsp3) is 0. The number of nitrogens with zero attached hydrogens (tertiary/aromatic N) is 4. The Balaban J connectivity index is 0. The molecule has 0 heterocycles. The van der Waals surface area contributed by atoms with Gasteiger partial charge in [-0.1, -0.05) is 12.1 Å². The van der Waals surface area contributed by atoms with E-state index in [9.17, 15) is 0 Å². The molecule has 2 aromatic rings. The normalized spacial score (nSPS) is 7.85. The topological polar surface area (TPSA) is 95.2 Å². The van der Waals surface area contributed by atoms with Crippen molar-refractivity contribution in [2.75, 3.05) is 0 Å². The third-order valence-electron chi connectivity index (χ3n) is 2.71. The summed E-state index contributed by atoms with van der Waals surface area (Å²) >= 11 is 19.4. The maximum absolute atomic E-state index is 8.64. The summed E-state index contributed by atoms with van der Waals surface area (Å²) in [5.74, 6) is 0. The third kappa shape index (κ3) is 6.24. The fourth-order valence-electron chi connectivity index (χ4n) is 1.54. The van der Waals surface area contributed by atoms with Crippen LogP contribution in [0.4, 0.5) is 0 Å². The minimum atomic E-state index is 0. The van der Waals surface area contributed by atoms with E-state index >= 15 is 0 Å². The average molecular weight is 508 g/mol. The van der Waals surface area contributed by atoms with E-state index in [0.29, 0.717) is 19.6 Å². The number of rotatable bonds is 0. The van der Waals surface area contributed by atoms with E-state index in [4.69, 9.17) is 71.6 Å². The van der Waals surface area contributed by atoms with Crippen molar-refractivity contribution in [1.29, 1.82) is 21.0 Å². The van der Waals surface area contributed by atoms with Crippen molar-refractivity contribution in [2.45, 2.75) is 19.6 Å². The molecular formula is C16H4Cu2N4S4. The molecule has 10 heteroatoms. The standard InChI is InChI=1S/2C8H4N2S2.2Cu/c2*9-3-5-1-2-7(11)8(12)6(5)4-10;;/h2*1-2,11-12H;;/q;;2*+2/p-4. The molecule has 0 bridgehead atoms. The molecule has 0 atom stereocenters. The van der Waals surface area contributed by atoms with Gasteiger partial charge in [-0.3, -0.25) is 0 Å². The quantitative estimate of drug-likeness (QED) is 0.397. The Labute approximate surface area is 194 Å². The zero-order chi connectivity index (χ0) is 18.3. The van der Waals surface area contributed by atoms with Gasteiger partial charge in [0, 0.05) is 11.1 Å². The molecule has 2 rings (SSSR count). The molecule has 26 heavy (non-hydrogen) atoms. The molecule has 0 aromatic heterocycles. The minimum Gasteiger partial charge on any atom is -0.781 e. The molecule has 0 N–H and O–H groups in total. The van der Waals surface area contributed by atoms with E-state index in [1.807, 2.05) is 24.3 Å². The van der Waals surface area contributed by atoms with Crippen LogP contribution in [-0.2, 0) is 84.7 Å². The van der Waals surface area contributed by atoms with Crippen LogP contribution < -0.4 is 0 Å². The molecule has 0 amide bonds. The van der Waals surface area contributed by atoms with Gasteiger partial charge in [0.15, 0.2) is 0 Å². The molecule has 0 saturated carbocycles. The van der Waals surface area contributed by atoms with Gasteiger partial charge in [0.1, 0.15) is 12.1 Å². The van der Waals surface area contributed by atoms with E-state index in [1.54, 1.807) is 12.1 Å². The number of benzene rings is 2. The Bertz CT molecular complexity index is 887. The van der Waals surface area contributed by atoms with Crippen molar-refractivity contribution in [3.05, 3.63) is 46.5 Å². The molecule has 0 unspecified atom stereocenters. The number of hydrogen-bond acceptors (Lipinski definition) is 8. The van der Waals surface area contributed by atoms with E-state index in [-0.39, 0.29) is 56.4 Å². The van der Waals surface area contributed by atoms with Crippen LogP contribution in [0.1, 0.15) is 22.3 Å². The van der Waals surface area contributed by atoms with Crippen molar-refractivity contribution in [3.63, 3.8) is 0 Å². The van der Waals surface area contributed by atoms with E-state index in [2.05, 4.69) is 0 Å². The molecule has 4 nitrogen and oxygen atoms in total. The summed E-state index contributed by atoms with van der Waals surface area (Å²) in [6, 6.07) is 13.6. The first-order valence-electron chi connectivity index (χ1n) is 6.03. The zero-order valence-electron chi connectivity index (χ0n) is 12.3. The molecule has 0 aliphatic carbocycles. The van der Waals surface area contributed by atoms with Gasteiger partial charge >= 0.3 is 34.1 Å². The van der Waals surface area contributed by atoms with Gasteiger partial charge in [-0.25, -0.2) is 0 Å². The fourth-order valence-corrected chi connectivity index (χ4v) is 2.32. The molecular weight excluding hydrogens is 504 g/mol. The summed E-state index contributed by atoms with van der Waals surface area (Å²) in [4.78, 5) is 1.49. The molecule has 0 saturated heterocycles. The second-order valence-corrected chi connectivity index (χ2v) is 5.77. The number of hydrogen-bond donors (Lipinski definition) is 0. The first kappa shape index (κ1) is 26.5. The monoisotopic (exact) mass is 506 g/mol. The Morgan fingerprint density at radius 1 is 0.538 bits per heavy atom. The first-order chi connectivity index (χ1) is 11.4. The summed E-state index contributed by atoms with van der Waals surface area (Å²) < 4.78 is 0. The van der Waals surface area contributed by atoms with Crippen molar-refractivity contribution >= 4 is 50.5 Å². The largest absolute Gasteiger partial charge is 2.00 e. The summed E-state index contributed by atoms with van der Waals surface area (Å²) in [5.41, 5.74) is 0.993. The van der Waals surface area contributed by atoms with Crippen molar-refractivity contribution < 1.29 is 34.1 Å². The Kier molecular flexibility index (Phi) is 12.9. The summed E-state index contributed by atoms with van der Waals surface area (Å²) in [6.07, 6.45) is 0. The Morgan fingerprint density at radius 2 is 0.846 bits per heavy atom. The van der Waals surface area contributed by atoms with Gasteiger partial charge in [-0.05, 0) is 12.1 Å². The SMILES string of the molecule is N#Cc1ccc([S-])c([S-])c1C#N.N#Cc1ccc([S-])c([S-])c1C#N.[Cu+2].[Cu+2]. The summed E-state index contributed by atoms with van der Waals surface area (Å²) in [5, 5.41) is 34.4. The van der Waals surface area contributed by atoms with E-state index in [0.717, 1.165) is 0 Å². The van der Waals surface area contributed by atoms with Crippen LogP contribution >= 0.6 is 0 Å². The predicted molar refractivity (Wildman–Crippen MR) is 94.3 cm³/mol. The van der Waals surface area contributed by atoms with Crippen LogP contribution in [0.25, 0.3) is 0 Å². The summed E-state index contributed by atoms with van der Waals surface area (Å²) in [6.45, 7) is 0. The molecule has 0 aliphatic rings. The molecule has 2 radical (unpaired) electrons. The molecule has 0 fully saturated rings. The first-order valence-corrected chi connectivity index (χ1v) is 7.67. The molecule has 0 aliphatic heterocycles. The minimum absolute atomic E-state index is 0. The smallest absolute Gasteiger partial charge is 0.781 e. The van der Waals surface area contributed by atoms with Crippen LogP contribution in [0, 0.1) is 45.3 Å². The molecule has 0 spiro atoms. The van der Waals surface area contributed by atoms with Gasteiger partial charge in [-0.15, -0.1) is 0 Å². The number of nitriles is 4. The maximum atomic E-state index is 8.64. The summed E-state index contributed by atoms with van der Waals surface area (Å²) in [7, 11) is 0. The van der Waals surface area contributed by atoms with Crippen molar-refractivity contribution in [2.24, 2.45) is 0 Å². The molecule has 134 valence electrons. The van der Waals surface area contributed by atoms with Crippen LogP contribution in [0.3, 0.4) is 0 Å². The Morgan fingerprint density at radius 3 is 1.08 bits per heavy atom. The second kappa shape index (κ2) is 12.6. The van der Waals surface area contributed by atoms with Crippen molar-refractivity contribution in [3.8, 4) is 24.3 Å². The van der Waals surface area contributed by atoms with Crippen LogP contribution in [0.5, 0.6) is 0 Å². The van der Waals surface area contributed by atoms with Crippen LogP contribution in [-0.4, -0.2) is 0 Å². The van der Waals surface area contributed by atoms with Gasteiger partial charge in [-0.2, -0.15) is 40.6 Å². The third-order valence-corrected chi connectivity index (χ3v) is 4.49. The second-order valence-electron chi connectivity index (χ2n) is 4.08. The molecule has 2 aromatic carbocycles. The van der Waals surface area contributed by atoms with Crippen LogP contribution in [0.15, 0.2) is 43.8 Å². The van der Waals surface area contributed by atoms with E-state index in [1.165, 1.54) is 12.1 Å². The van der Waals surface area contributed by atoms with Gasteiger partial charge in [0.05, 0.1) is 23.3 Å². The average Bonchev–Trinajstić information content (AvgIpc) is 2.59. The van der Waals surface area contributed by atoms with Crippen LogP contribution in [0.2, 0.25) is 0 Å². The van der Waals surface area contributed by atoms with Gasteiger partial charge < -0.3 is 50.5 Å². The predicted octanol–water partition coefficient (Wildman–Crippen LogP) is 2.48. The maximum Gasteiger partial charge on any atom is 2.00 e. The zero-order valence-corrected chi connectivity index (χ0v) is 17.5. The van der Waals surface area contributed by atoms with Crippen molar-refractivity contribution in [1.82, 2.24) is 0 Å². The van der Waals surface area contributed by atoms with E-state index < -0.39 is 0 Å². The van der Waals surface area contributed by atoms with Gasteiger partial charge in [0.25, 0.3) is 0 Å². The van der Waals surface area contributed by atoms with Gasteiger partial charge in [0.2, 0.25) is 0 Å².